The van der Waals surface area contributed by atoms with Crippen LogP contribution in [0.5, 0.6) is 0 Å². The quantitative estimate of drug-likeness (QED) is 0.884. The van der Waals surface area contributed by atoms with E-state index in [2.05, 4.69) is 5.32 Å². The Morgan fingerprint density at radius 3 is 2.38 bits per heavy atom. The van der Waals surface area contributed by atoms with Crippen LogP contribution in [-0.2, 0) is 9.53 Å². The van der Waals surface area contributed by atoms with Crippen LogP contribution in [0.3, 0.4) is 0 Å². The Bertz CT molecular complexity index is 555. The maximum Gasteiger partial charge on any atom is 0.409 e. The van der Waals surface area contributed by atoms with Gasteiger partial charge in [-0.25, -0.2) is 4.79 Å². The van der Waals surface area contributed by atoms with Crippen LogP contribution in [0.4, 0.5) is 10.5 Å². The Morgan fingerprint density at radius 2 is 1.79 bits per heavy atom. The summed E-state index contributed by atoms with van der Waals surface area (Å²) in [5, 5.41) is 3.47. The Morgan fingerprint density at radius 1 is 1.17 bits per heavy atom. The van der Waals surface area contributed by atoms with Crippen LogP contribution in [0.25, 0.3) is 0 Å². The van der Waals surface area contributed by atoms with Gasteiger partial charge < -0.3 is 15.0 Å². The first-order valence-corrected chi connectivity index (χ1v) is 8.51. The average molecular weight is 354 g/mol. The fourth-order valence-electron chi connectivity index (χ4n) is 2.35. The molecule has 132 valence electrons. The standard InChI is InChI=1S/C17H24ClN3O3/c1-13(2)12-24-17(23)21-9-7-20(8-10-21)11-16(22)19-15-5-3-14(18)4-6-15/h3-6,13H,7-12H2,1-2H3,(H,19,22). The van der Waals surface area contributed by atoms with Crippen LogP contribution in [0, 0.1) is 5.92 Å². The molecule has 0 bridgehead atoms. The first-order valence-electron chi connectivity index (χ1n) is 8.13. The second kappa shape index (κ2) is 8.89. The zero-order valence-electron chi connectivity index (χ0n) is 14.1. The van der Waals surface area contributed by atoms with Crippen LogP contribution in [0.2, 0.25) is 5.02 Å². The number of halogens is 1. The highest BCUT2D eigenvalue weighted by atomic mass is 35.5. The van der Waals surface area contributed by atoms with Crippen LogP contribution >= 0.6 is 11.6 Å². The van der Waals surface area contributed by atoms with Gasteiger partial charge in [-0.15, -0.1) is 0 Å². The molecule has 1 N–H and O–H groups in total. The number of amides is 2. The third-order valence-electron chi connectivity index (χ3n) is 3.67. The fraction of sp³-hybridized carbons (Fsp3) is 0.529. The van der Waals surface area contributed by atoms with E-state index in [1.165, 1.54) is 0 Å². The predicted octanol–water partition coefficient (Wildman–Crippen LogP) is 2.69. The molecular weight excluding hydrogens is 330 g/mol. The largest absolute Gasteiger partial charge is 0.449 e. The molecule has 0 aromatic heterocycles. The van der Waals surface area contributed by atoms with E-state index < -0.39 is 0 Å². The lowest BCUT2D eigenvalue weighted by Crippen LogP contribution is -2.50. The van der Waals surface area contributed by atoms with Crippen LogP contribution < -0.4 is 5.32 Å². The summed E-state index contributed by atoms with van der Waals surface area (Å²) in [7, 11) is 0. The number of hydrogen-bond donors (Lipinski definition) is 1. The van der Waals surface area contributed by atoms with Gasteiger partial charge in [0.2, 0.25) is 5.91 Å². The molecule has 0 atom stereocenters. The number of carbonyl (C=O) groups excluding carboxylic acids is 2. The Hall–Kier alpha value is -1.79. The summed E-state index contributed by atoms with van der Waals surface area (Å²) >= 11 is 5.82. The third kappa shape index (κ3) is 6.02. The van der Waals surface area contributed by atoms with E-state index in [0.29, 0.717) is 50.3 Å². The van der Waals surface area contributed by atoms with Crippen molar-refractivity contribution >= 4 is 29.3 Å². The highest BCUT2D eigenvalue weighted by Crippen LogP contribution is 2.13. The average Bonchev–Trinajstić information content (AvgIpc) is 2.55. The normalized spacial score (nSPS) is 15.4. The van der Waals surface area contributed by atoms with Crippen LogP contribution in [-0.4, -0.2) is 61.1 Å². The molecule has 0 spiro atoms. The molecule has 1 saturated heterocycles. The highest BCUT2D eigenvalue weighted by Gasteiger charge is 2.23. The van der Waals surface area contributed by atoms with E-state index in [-0.39, 0.29) is 12.0 Å². The molecule has 0 aliphatic carbocycles. The molecule has 1 aliphatic heterocycles. The number of hydrogen-bond acceptors (Lipinski definition) is 4. The molecule has 1 heterocycles. The second-order valence-corrected chi connectivity index (χ2v) is 6.73. The van der Waals surface area contributed by atoms with Crippen LogP contribution in [0.1, 0.15) is 13.8 Å². The summed E-state index contributed by atoms with van der Waals surface area (Å²) in [4.78, 5) is 27.7. The van der Waals surface area contributed by atoms with Gasteiger partial charge in [0.1, 0.15) is 0 Å². The zero-order chi connectivity index (χ0) is 17.5. The van der Waals surface area contributed by atoms with E-state index in [1.54, 1.807) is 29.2 Å². The first kappa shape index (κ1) is 18.5. The van der Waals surface area contributed by atoms with Crippen molar-refractivity contribution in [3.63, 3.8) is 0 Å². The molecule has 0 radical (unpaired) electrons. The predicted molar refractivity (Wildman–Crippen MR) is 94.3 cm³/mol. The minimum absolute atomic E-state index is 0.0758. The van der Waals surface area contributed by atoms with Gasteiger partial charge in [0, 0.05) is 36.9 Å². The lowest BCUT2D eigenvalue weighted by atomic mass is 10.2. The van der Waals surface area contributed by atoms with Crippen molar-refractivity contribution in [2.24, 2.45) is 5.92 Å². The van der Waals surface area contributed by atoms with E-state index in [1.807, 2.05) is 18.7 Å². The van der Waals surface area contributed by atoms with Gasteiger partial charge in [0.15, 0.2) is 0 Å². The van der Waals surface area contributed by atoms with E-state index in [0.717, 1.165) is 5.69 Å². The first-order chi connectivity index (χ1) is 11.4. The fourth-order valence-corrected chi connectivity index (χ4v) is 2.48. The van der Waals surface area contributed by atoms with Crippen molar-refractivity contribution in [1.82, 2.24) is 9.80 Å². The van der Waals surface area contributed by atoms with Gasteiger partial charge in [-0.3, -0.25) is 9.69 Å². The third-order valence-corrected chi connectivity index (χ3v) is 3.92. The number of anilines is 1. The smallest absolute Gasteiger partial charge is 0.409 e. The summed E-state index contributed by atoms with van der Waals surface area (Å²) in [5.74, 6) is 0.250. The second-order valence-electron chi connectivity index (χ2n) is 6.29. The molecule has 0 unspecified atom stereocenters. The Labute approximate surface area is 147 Å². The summed E-state index contributed by atoms with van der Waals surface area (Å²) in [5.41, 5.74) is 0.722. The summed E-state index contributed by atoms with van der Waals surface area (Å²) in [6.45, 7) is 7.21. The summed E-state index contributed by atoms with van der Waals surface area (Å²) < 4.78 is 5.23. The van der Waals surface area contributed by atoms with Gasteiger partial charge in [0.05, 0.1) is 13.2 Å². The number of carbonyl (C=O) groups is 2. The van der Waals surface area contributed by atoms with Crippen molar-refractivity contribution in [2.75, 3.05) is 44.6 Å². The van der Waals surface area contributed by atoms with Gasteiger partial charge in [-0.2, -0.15) is 0 Å². The minimum atomic E-state index is -0.269. The number of nitrogens with zero attached hydrogens (tertiary/aromatic N) is 2. The van der Waals surface area contributed by atoms with Crippen molar-refractivity contribution in [1.29, 1.82) is 0 Å². The SMILES string of the molecule is CC(C)COC(=O)N1CCN(CC(=O)Nc2ccc(Cl)cc2)CC1. The maximum atomic E-state index is 12.1. The highest BCUT2D eigenvalue weighted by molar-refractivity contribution is 6.30. The molecule has 1 aliphatic rings. The van der Waals surface area contributed by atoms with Gasteiger partial charge in [-0.1, -0.05) is 25.4 Å². The molecule has 1 fully saturated rings. The Balaban J connectivity index is 1.71. The summed E-state index contributed by atoms with van der Waals surface area (Å²) in [6.07, 6.45) is -0.269. The van der Waals surface area contributed by atoms with E-state index in [9.17, 15) is 9.59 Å². The molecule has 24 heavy (non-hydrogen) atoms. The molecular formula is C17H24ClN3O3. The minimum Gasteiger partial charge on any atom is -0.449 e. The molecule has 7 heteroatoms. The molecule has 0 saturated carbocycles. The number of piperazine rings is 1. The van der Waals surface area contributed by atoms with Crippen molar-refractivity contribution < 1.29 is 14.3 Å². The lowest BCUT2D eigenvalue weighted by molar-refractivity contribution is -0.117. The summed E-state index contributed by atoms with van der Waals surface area (Å²) in [6, 6.07) is 7.00. The maximum absolute atomic E-state index is 12.1. The topological polar surface area (TPSA) is 61.9 Å². The van der Waals surface area contributed by atoms with Crippen LogP contribution in [0.15, 0.2) is 24.3 Å². The molecule has 1 aromatic rings. The van der Waals surface area contributed by atoms with Crippen molar-refractivity contribution in [2.45, 2.75) is 13.8 Å². The number of ether oxygens (including phenoxy) is 1. The Kier molecular flexibility index (Phi) is 6.87. The van der Waals surface area contributed by atoms with E-state index in [4.69, 9.17) is 16.3 Å². The number of benzene rings is 1. The van der Waals surface area contributed by atoms with Gasteiger partial charge >= 0.3 is 6.09 Å². The molecule has 1 aromatic carbocycles. The molecule has 2 amide bonds. The monoisotopic (exact) mass is 353 g/mol. The number of nitrogens with one attached hydrogen (secondary N) is 1. The lowest BCUT2D eigenvalue weighted by Gasteiger charge is -2.33. The van der Waals surface area contributed by atoms with Crippen molar-refractivity contribution in [3.8, 4) is 0 Å². The van der Waals surface area contributed by atoms with Gasteiger partial charge in [0.25, 0.3) is 0 Å². The van der Waals surface area contributed by atoms with Gasteiger partial charge in [-0.05, 0) is 30.2 Å². The number of rotatable bonds is 5. The zero-order valence-corrected chi connectivity index (χ0v) is 14.9. The van der Waals surface area contributed by atoms with E-state index >= 15 is 0 Å². The molecule has 6 nitrogen and oxygen atoms in total. The molecule has 2 rings (SSSR count). The van der Waals surface area contributed by atoms with Crippen molar-refractivity contribution in [3.05, 3.63) is 29.3 Å².